The molecular formula is C24H38ClN3O3SSi. The molecule has 184 valence electrons. The van der Waals surface area contributed by atoms with E-state index in [-0.39, 0.29) is 22.8 Å². The highest BCUT2D eigenvalue weighted by Crippen LogP contribution is 2.40. The van der Waals surface area contributed by atoms with Crippen molar-refractivity contribution in [3.63, 3.8) is 0 Å². The van der Waals surface area contributed by atoms with Gasteiger partial charge in [-0.2, -0.15) is 0 Å². The van der Waals surface area contributed by atoms with Crippen LogP contribution >= 0.6 is 11.6 Å². The molecule has 0 saturated carbocycles. The molecule has 1 aromatic carbocycles. The number of nitrogens with zero attached hydrogens (tertiary/aromatic N) is 2. The Morgan fingerprint density at radius 1 is 1.30 bits per heavy atom. The lowest BCUT2D eigenvalue weighted by Gasteiger charge is -2.48. The zero-order valence-corrected chi connectivity index (χ0v) is 23.4. The summed E-state index contributed by atoms with van der Waals surface area (Å²) in [5.41, 5.74) is 2.28. The van der Waals surface area contributed by atoms with Gasteiger partial charge in [0.05, 0.1) is 5.75 Å². The van der Waals surface area contributed by atoms with Crippen molar-refractivity contribution in [3.05, 3.63) is 35.1 Å². The SMILES string of the molecule is CC(CCO[Si](C)(C)C(C)(C)C)c1ccc(N2C[C@H](CS(N)(=O)=O)[C@H]2C)c2cnc(Cl)cc12. The largest absolute Gasteiger partial charge is 0.417 e. The minimum Gasteiger partial charge on any atom is -0.417 e. The number of pyridine rings is 1. The van der Waals surface area contributed by atoms with Crippen LogP contribution in [0.2, 0.25) is 23.3 Å². The van der Waals surface area contributed by atoms with Crippen LogP contribution in [0.4, 0.5) is 5.69 Å². The molecule has 0 spiro atoms. The maximum atomic E-state index is 11.5. The summed E-state index contributed by atoms with van der Waals surface area (Å²) < 4.78 is 29.5. The maximum Gasteiger partial charge on any atom is 0.209 e. The zero-order chi connectivity index (χ0) is 24.8. The molecule has 2 N–H and O–H groups in total. The first kappa shape index (κ1) is 26.4. The summed E-state index contributed by atoms with van der Waals surface area (Å²) in [6, 6.07) is 6.32. The van der Waals surface area contributed by atoms with Gasteiger partial charge in [0.25, 0.3) is 0 Å². The van der Waals surface area contributed by atoms with Crippen molar-refractivity contribution < 1.29 is 12.8 Å². The van der Waals surface area contributed by atoms with E-state index in [9.17, 15) is 8.42 Å². The Bertz CT molecular complexity index is 1120. The van der Waals surface area contributed by atoms with Gasteiger partial charge in [-0.1, -0.05) is 45.4 Å². The lowest BCUT2D eigenvalue weighted by Crippen LogP contribution is -2.57. The van der Waals surface area contributed by atoms with Crippen LogP contribution in [0.3, 0.4) is 0 Å². The topological polar surface area (TPSA) is 85.5 Å². The van der Waals surface area contributed by atoms with Gasteiger partial charge in [-0.3, -0.25) is 0 Å². The number of aromatic nitrogens is 1. The van der Waals surface area contributed by atoms with Gasteiger partial charge in [-0.25, -0.2) is 18.5 Å². The van der Waals surface area contributed by atoms with Crippen LogP contribution in [0.1, 0.15) is 52.5 Å². The summed E-state index contributed by atoms with van der Waals surface area (Å²) in [5.74, 6) is 0.339. The highest BCUT2D eigenvalue weighted by Gasteiger charge is 2.39. The number of halogens is 1. The Morgan fingerprint density at radius 2 is 1.97 bits per heavy atom. The van der Waals surface area contributed by atoms with E-state index >= 15 is 0 Å². The van der Waals surface area contributed by atoms with Gasteiger partial charge in [0.1, 0.15) is 5.15 Å². The Hall–Kier alpha value is -1.19. The lowest BCUT2D eigenvalue weighted by molar-refractivity contribution is 0.274. The van der Waals surface area contributed by atoms with Crippen LogP contribution in [0.25, 0.3) is 10.8 Å². The van der Waals surface area contributed by atoms with Crippen LogP contribution in [-0.2, 0) is 14.4 Å². The molecule has 0 bridgehead atoms. The molecule has 2 heterocycles. The Labute approximate surface area is 205 Å². The molecule has 1 fully saturated rings. The summed E-state index contributed by atoms with van der Waals surface area (Å²) in [6.07, 6.45) is 2.76. The minimum absolute atomic E-state index is 0.00994. The van der Waals surface area contributed by atoms with Gasteiger partial charge in [-0.15, -0.1) is 0 Å². The van der Waals surface area contributed by atoms with Crippen molar-refractivity contribution in [1.29, 1.82) is 0 Å². The van der Waals surface area contributed by atoms with E-state index in [2.05, 4.69) is 62.8 Å². The molecule has 1 aromatic heterocycles. The molecule has 33 heavy (non-hydrogen) atoms. The number of primary sulfonamides is 1. The molecular weight excluding hydrogens is 474 g/mol. The van der Waals surface area contributed by atoms with Crippen molar-refractivity contribution in [1.82, 2.24) is 4.98 Å². The molecule has 3 atom stereocenters. The number of fused-ring (bicyclic) bond motifs is 1. The molecule has 1 aliphatic heterocycles. The van der Waals surface area contributed by atoms with E-state index < -0.39 is 18.3 Å². The van der Waals surface area contributed by atoms with Crippen LogP contribution in [-0.4, -0.2) is 46.7 Å². The molecule has 2 aromatic rings. The van der Waals surface area contributed by atoms with Crippen LogP contribution in [0.5, 0.6) is 0 Å². The first-order chi connectivity index (χ1) is 15.1. The Kier molecular flexibility index (Phi) is 7.57. The number of sulfonamides is 1. The van der Waals surface area contributed by atoms with E-state index in [0.29, 0.717) is 17.6 Å². The van der Waals surface area contributed by atoms with Crippen LogP contribution in [0, 0.1) is 5.92 Å². The second-order valence-corrected chi connectivity index (χ2v) is 17.9. The summed E-state index contributed by atoms with van der Waals surface area (Å²) >= 11 is 6.29. The van der Waals surface area contributed by atoms with Gasteiger partial charge in [0.15, 0.2) is 8.32 Å². The average Bonchev–Trinajstić information content (AvgIpc) is 2.68. The van der Waals surface area contributed by atoms with Crippen molar-refractivity contribution in [3.8, 4) is 0 Å². The number of rotatable bonds is 8. The zero-order valence-electron chi connectivity index (χ0n) is 20.9. The third kappa shape index (κ3) is 5.90. The van der Waals surface area contributed by atoms with Crippen molar-refractivity contribution in [2.45, 2.75) is 71.1 Å². The van der Waals surface area contributed by atoms with Crippen molar-refractivity contribution >= 4 is 46.4 Å². The fourth-order valence-electron chi connectivity index (χ4n) is 4.26. The maximum absolute atomic E-state index is 11.5. The number of hydrogen-bond acceptors (Lipinski definition) is 5. The molecule has 9 heteroatoms. The van der Waals surface area contributed by atoms with Gasteiger partial charge < -0.3 is 9.33 Å². The standard InChI is InChI=1S/C24H38ClN3O3SSi/c1-16(10-11-31-33(6,7)24(3,4)5)19-8-9-22(21-13-27-23(25)12-20(19)21)28-14-18(17(28)2)15-32(26,29)30/h8-9,12-13,16-18H,10-11,14-15H2,1-7H3,(H2,26,29,30)/t16?,17-,18-/m1/s1. The average molecular weight is 512 g/mol. The molecule has 1 saturated heterocycles. The van der Waals surface area contributed by atoms with Gasteiger partial charge in [0, 0.05) is 42.4 Å². The monoisotopic (exact) mass is 511 g/mol. The smallest absolute Gasteiger partial charge is 0.209 e. The van der Waals surface area contributed by atoms with Gasteiger partial charge >= 0.3 is 0 Å². The number of nitrogens with two attached hydrogens (primary N) is 1. The van der Waals surface area contributed by atoms with Crippen molar-refractivity contribution in [2.24, 2.45) is 11.1 Å². The molecule has 0 amide bonds. The first-order valence-corrected chi connectivity index (χ1v) is 16.6. The third-order valence-corrected chi connectivity index (χ3v) is 13.2. The molecule has 6 nitrogen and oxygen atoms in total. The molecule has 0 radical (unpaired) electrons. The second kappa shape index (κ2) is 9.45. The summed E-state index contributed by atoms with van der Waals surface area (Å²) in [5, 5.41) is 8.05. The van der Waals surface area contributed by atoms with Crippen LogP contribution in [0.15, 0.2) is 24.4 Å². The van der Waals surface area contributed by atoms with E-state index in [4.69, 9.17) is 21.2 Å². The molecule has 3 rings (SSSR count). The van der Waals surface area contributed by atoms with Crippen LogP contribution < -0.4 is 10.0 Å². The fourth-order valence-corrected chi connectivity index (χ4v) is 6.46. The predicted molar refractivity (Wildman–Crippen MR) is 141 cm³/mol. The minimum atomic E-state index is -3.48. The molecule has 0 aliphatic carbocycles. The number of benzene rings is 1. The first-order valence-electron chi connectivity index (χ1n) is 11.6. The van der Waals surface area contributed by atoms with E-state index in [1.807, 2.05) is 19.2 Å². The predicted octanol–water partition coefficient (Wildman–Crippen LogP) is 5.52. The summed E-state index contributed by atoms with van der Waals surface area (Å²) in [4.78, 5) is 6.56. The summed E-state index contributed by atoms with van der Waals surface area (Å²) in [7, 11) is -5.26. The summed E-state index contributed by atoms with van der Waals surface area (Å²) in [6.45, 7) is 17.0. The molecule has 1 unspecified atom stereocenters. The lowest BCUT2D eigenvalue weighted by atomic mass is 9.88. The number of hydrogen-bond donors (Lipinski definition) is 1. The third-order valence-electron chi connectivity index (χ3n) is 7.59. The second-order valence-electron chi connectivity index (χ2n) is 11.0. The van der Waals surface area contributed by atoms with Gasteiger partial charge in [0.2, 0.25) is 10.0 Å². The molecule has 1 aliphatic rings. The Morgan fingerprint density at radius 3 is 2.55 bits per heavy atom. The van der Waals surface area contributed by atoms with Gasteiger partial charge in [-0.05, 0) is 60.5 Å². The number of anilines is 1. The highest BCUT2D eigenvalue weighted by molar-refractivity contribution is 7.89. The Balaban J connectivity index is 1.82. The highest BCUT2D eigenvalue weighted by atomic mass is 35.5. The van der Waals surface area contributed by atoms with Crippen molar-refractivity contribution in [2.75, 3.05) is 23.8 Å². The van der Waals surface area contributed by atoms with E-state index in [0.717, 1.165) is 29.5 Å². The van der Waals surface area contributed by atoms with E-state index in [1.54, 1.807) is 0 Å². The fraction of sp³-hybridized carbons (Fsp3) is 0.625. The quantitative estimate of drug-likeness (QED) is 0.372. The normalized spacial score (nSPS) is 20.7. The van der Waals surface area contributed by atoms with E-state index in [1.165, 1.54) is 5.56 Å².